The zero-order valence-corrected chi connectivity index (χ0v) is 15.1. The topological polar surface area (TPSA) is 61.4 Å². The molecule has 5 nitrogen and oxygen atoms in total. The van der Waals surface area contributed by atoms with Crippen molar-refractivity contribution >= 4 is 23.6 Å². The van der Waals surface area contributed by atoms with Crippen molar-refractivity contribution < 1.29 is 9.59 Å². The third-order valence-corrected chi connectivity index (χ3v) is 5.87. The van der Waals surface area contributed by atoms with Crippen LogP contribution in [0.4, 0.5) is 0 Å². The predicted octanol–water partition coefficient (Wildman–Crippen LogP) is 1.54. The highest BCUT2D eigenvalue weighted by molar-refractivity contribution is 7.99. The smallest absolute Gasteiger partial charge is 0.251 e. The highest BCUT2D eigenvalue weighted by atomic mass is 32.2. The Morgan fingerprint density at radius 3 is 2.88 bits per heavy atom. The van der Waals surface area contributed by atoms with Gasteiger partial charge in [-0.2, -0.15) is 0 Å². The van der Waals surface area contributed by atoms with Crippen LogP contribution in [0.15, 0.2) is 18.2 Å². The molecule has 2 saturated heterocycles. The van der Waals surface area contributed by atoms with E-state index in [1.165, 1.54) is 5.56 Å². The van der Waals surface area contributed by atoms with E-state index in [0.29, 0.717) is 18.0 Å². The lowest BCUT2D eigenvalue weighted by Crippen LogP contribution is -2.42. The summed E-state index contributed by atoms with van der Waals surface area (Å²) in [5.74, 6) is 2.33. The van der Waals surface area contributed by atoms with Gasteiger partial charge in [-0.1, -0.05) is 6.07 Å². The summed E-state index contributed by atoms with van der Waals surface area (Å²) in [7, 11) is 0. The molecule has 2 atom stereocenters. The maximum absolute atomic E-state index is 12.4. The summed E-state index contributed by atoms with van der Waals surface area (Å²) in [5, 5.41) is 6.32. The van der Waals surface area contributed by atoms with Crippen molar-refractivity contribution in [2.45, 2.75) is 26.3 Å². The standard InChI is InChI=1S/C18H25N3O2S/c1-12-3-4-15(7-13(12)2)17(22)20-10-14-8-16(19-9-14)18(23)21-5-6-24-11-21/h3-4,7,14,16,19H,5-6,8-11H2,1-2H3,(H,20,22). The summed E-state index contributed by atoms with van der Waals surface area (Å²) in [6, 6.07) is 5.67. The summed E-state index contributed by atoms with van der Waals surface area (Å²) in [6.45, 7) is 6.30. The number of amides is 2. The Balaban J connectivity index is 1.48. The first-order chi connectivity index (χ1) is 11.5. The molecule has 3 rings (SSSR count). The van der Waals surface area contributed by atoms with Crippen LogP contribution in [0, 0.1) is 19.8 Å². The SMILES string of the molecule is Cc1ccc(C(=O)NCC2CNC(C(=O)N3CCSC3)C2)cc1C. The molecule has 2 N–H and O–H groups in total. The molecule has 0 saturated carbocycles. The molecule has 2 aliphatic rings. The second-order valence-corrected chi connectivity index (χ2v) is 7.79. The zero-order valence-electron chi connectivity index (χ0n) is 14.3. The molecule has 6 heteroatoms. The number of aryl methyl sites for hydroxylation is 2. The van der Waals surface area contributed by atoms with Crippen molar-refractivity contribution in [1.29, 1.82) is 0 Å². The van der Waals surface area contributed by atoms with Crippen LogP contribution in [0.5, 0.6) is 0 Å². The number of hydrogen-bond acceptors (Lipinski definition) is 4. The lowest BCUT2D eigenvalue weighted by Gasteiger charge is -2.19. The molecule has 0 bridgehead atoms. The molecule has 130 valence electrons. The summed E-state index contributed by atoms with van der Waals surface area (Å²) >= 11 is 1.80. The van der Waals surface area contributed by atoms with E-state index in [0.717, 1.165) is 36.7 Å². The van der Waals surface area contributed by atoms with Crippen LogP contribution in [-0.2, 0) is 4.79 Å². The summed E-state index contributed by atoms with van der Waals surface area (Å²) in [6.07, 6.45) is 0.799. The number of carbonyl (C=O) groups excluding carboxylic acids is 2. The lowest BCUT2D eigenvalue weighted by atomic mass is 10.0. The first-order valence-corrected chi connectivity index (χ1v) is 9.65. The summed E-state index contributed by atoms with van der Waals surface area (Å²) in [4.78, 5) is 26.6. The molecule has 0 spiro atoms. The Hall–Kier alpha value is -1.53. The van der Waals surface area contributed by atoms with Crippen molar-refractivity contribution in [2.24, 2.45) is 5.92 Å². The first-order valence-electron chi connectivity index (χ1n) is 8.50. The minimum absolute atomic E-state index is 0.0381. The third kappa shape index (κ3) is 3.92. The molecule has 2 heterocycles. The highest BCUT2D eigenvalue weighted by Crippen LogP contribution is 2.20. The molecule has 2 aliphatic heterocycles. The maximum Gasteiger partial charge on any atom is 0.251 e. The molecule has 24 heavy (non-hydrogen) atoms. The van der Waals surface area contributed by atoms with Gasteiger partial charge in [0.05, 0.1) is 11.9 Å². The molecular weight excluding hydrogens is 322 g/mol. The van der Waals surface area contributed by atoms with E-state index in [4.69, 9.17) is 0 Å². The van der Waals surface area contributed by atoms with Crippen LogP contribution < -0.4 is 10.6 Å². The Morgan fingerprint density at radius 1 is 1.33 bits per heavy atom. The summed E-state index contributed by atoms with van der Waals surface area (Å²) < 4.78 is 0. The van der Waals surface area contributed by atoms with Crippen LogP contribution in [-0.4, -0.2) is 54.0 Å². The minimum Gasteiger partial charge on any atom is -0.352 e. The number of nitrogens with zero attached hydrogens (tertiary/aromatic N) is 1. The van der Waals surface area contributed by atoms with Gasteiger partial charge < -0.3 is 15.5 Å². The Bertz CT molecular complexity index is 629. The van der Waals surface area contributed by atoms with Gasteiger partial charge in [0, 0.05) is 31.0 Å². The molecule has 2 fully saturated rings. The lowest BCUT2D eigenvalue weighted by molar-refractivity contribution is -0.131. The van der Waals surface area contributed by atoms with Crippen molar-refractivity contribution in [1.82, 2.24) is 15.5 Å². The van der Waals surface area contributed by atoms with Crippen LogP contribution in [0.2, 0.25) is 0 Å². The Labute approximate surface area is 147 Å². The van der Waals surface area contributed by atoms with Crippen molar-refractivity contribution in [3.8, 4) is 0 Å². The quantitative estimate of drug-likeness (QED) is 0.867. The number of benzene rings is 1. The maximum atomic E-state index is 12.4. The van der Waals surface area contributed by atoms with Gasteiger partial charge in [0.1, 0.15) is 0 Å². The number of carbonyl (C=O) groups is 2. The monoisotopic (exact) mass is 347 g/mol. The molecule has 0 aromatic heterocycles. The van der Waals surface area contributed by atoms with Crippen molar-refractivity contribution in [3.05, 3.63) is 34.9 Å². The van der Waals surface area contributed by atoms with Gasteiger partial charge >= 0.3 is 0 Å². The predicted molar refractivity (Wildman–Crippen MR) is 97.2 cm³/mol. The average Bonchev–Trinajstić information content (AvgIpc) is 3.26. The van der Waals surface area contributed by atoms with Gasteiger partial charge in [-0.15, -0.1) is 11.8 Å². The van der Waals surface area contributed by atoms with E-state index in [-0.39, 0.29) is 17.9 Å². The fourth-order valence-corrected chi connectivity index (χ4v) is 4.14. The van der Waals surface area contributed by atoms with E-state index in [1.807, 2.05) is 36.9 Å². The number of hydrogen-bond donors (Lipinski definition) is 2. The first kappa shape index (κ1) is 17.3. The van der Waals surface area contributed by atoms with E-state index in [9.17, 15) is 9.59 Å². The Kier molecular flexibility index (Phi) is 5.46. The average molecular weight is 347 g/mol. The molecule has 1 aromatic rings. The van der Waals surface area contributed by atoms with Gasteiger partial charge in [-0.3, -0.25) is 9.59 Å². The summed E-state index contributed by atoms with van der Waals surface area (Å²) in [5.41, 5.74) is 3.01. The van der Waals surface area contributed by atoms with Crippen LogP contribution in [0.1, 0.15) is 27.9 Å². The molecule has 0 aliphatic carbocycles. The van der Waals surface area contributed by atoms with E-state index >= 15 is 0 Å². The zero-order chi connectivity index (χ0) is 17.1. The van der Waals surface area contributed by atoms with E-state index in [2.05, 4.69) is 10.6 Å². The fourth-order valence-electron chi connectivity index (χ4n) is 3.18. The molecule has 2 amide bonds. The second kappa shape index (κ2) is 7.57. The fraction of sp³-hybridized carbons (Fsp3) is 0.556. The largest absolute Gasteiger partial charge is 0.352 e. The van der Waals surface area contributed by atoms with E-state index in [1.54, 1.807) is 11.8 Å². The molecule has 2 unspecified atom stereocenters. The van der Waals surface area contributed by atoms with Gasteiger partial charge in [0.2, 0.25) is 5.91 Å². The van der Waals surface area contributed by atoms with Crippen LogP contribution >= 0.6 is 11.8 Å². The molecule has 1 aromatic carbocycles. The molecule has 0 radical (unpaired) electrons. The highest BCUT2D eigenvalue weighted by Gasteiger charge is 2.33. The molecular formula is C18H25N3O2S. The number of rotatable bonds is 4. The van der Waals surface area contributed by atoms with Gasteiger partial charge in [-0.25, -0.2) is 0 Å². The van der Waals surface area contributed by atoms with E-state index < -0.39 is 0 Å². The van der Waals surface area contributed by atoms with Crippen LogP contribution in [0.3, 0.4) is 0 Å². The van der Waals surface area contributed by atoms with Crippen molar-refractivity contribution in [3.63, 3.8) is 0 Å². The van der Waals surface area contributed by atoms with Gasteiger partial charge in [0.25, 0.3) is 5.91 Å². The van der Waals surface area contributed by atoms with Crippen molar-refractivity contribution in [2.75, 3.05) is 31.3 Å². The normalized spacial score (nSPS) is 23.5. The Morgan fingerprint density at radius 2 is 2.17 bits per heavy atom. The van der Waals surface area contributed by atoms with Gasteiger partial charge in [-0.05, 0) is 49.4 Å². The number of nitrogens with one attached hydrogen (secondary N) is 2. The number of thioether (sulfide) groups is 1. The second-order valence-electron chi connectivity index (χ2n) is 6.71. The van der Waals surface area contributed by atoms with Crippen LogP contribution in [0.25, 0.3) is 0 Å². The third-order valence-electron chi connectivity index (χ3n) is 4.90. The minimum atomic E-state index is -0.0905. The van der Waals surface area contributed by atoms with Gasteiger partial charge in [0.15, 0.2) is 0 Å².